The topological polar surface area (TPSA) is 164 Å². The SMILES string of the molecule is CCOC1c2cc3c(cc2-c2ccc4c5c(ccc4c2N1C)OCO5)OCO3.O=C(O)C(O)C(O)C(=O)O. The summed E-state index contributed by atoms with van der Waals surface area (Å²) in [6.07, 6.45) is -4.74. The number of carbonyl (C=O) groups is 2. The van der Waals surface area contributed by atoms with Gasteiger partial charge in [-0.2, -0.15) is 0 Å². The van der Waals surface area contributed by atoms with Crippen LogP contribution in [0.25, 0.3) is 21.9 Å². The van der Waals surface area contributed by atoms with Gasteiger partial charge in [0.2, 0.25) is 13.6 Å². The van der Waals surface area contributed by atoms with Crippen molar-refractivity contribution in [2.45, 2.75) is 25.4 Å². The molecule has 6 rings (SSSR count). The molecule has 0 aromatic heterocycles. The van der Waals surface area contributed by atoms with Crippen LogP contribution in [0.15, 0.2) is 36.4 Å². The van der Waals surface area contributed by atoms with Crippen LogP contribution in [-0.2, 0) is 14.3 Å². The minimum absolute atomic E-state index is 0.210. The molecule has 0 amide bonds. The number of carboxylic acid groups (broad SMARTS) is 2. The molecule has 3 unspecified atom stereocenters. The maximum atomic E-state index is 9.77. The molecule has 200 valence electrons. The quantitative estimate of drug-likeness (QED) is 0.383. The molecule has 0 radical (unpaired) electrons. The number of hydrogen-bond donors (Lipinski definition) is 4. The van der Waals surface area contributed by atoms with Crippen molar-refractivity contribution in [2.75, 3.05) is 32.1 Å². The number of aliphatic hydroxyl groups excluding tert-OH is 2. The summed E-state index contributed by atoms with van der Waals surface area (Å²) in [7, 11) is 2.07. The van der Waals surface area contributed by atoms with Crippen molar-refractivity contribution in [3.63, 3.8) is 0 Å². The van der Waals surface area contributed by atoms with Gasteiger partial charge in [0.15, 0.2) is 41.4 Å². The third kappa shape index (κ3) is 4.18. The van der Waals surface area contributed by atoms with E-state index in [1.807, 2.05) is 19.1 Å². The Bertz CT molecular complexity index is 1400. The number of ether oxygens (including phenoxy) is 5. The molecule has 3 aromatic carbocycles. The number of rotatable bonds is 5. The molecule has 3 aromatic rings. The monoisotopic (exact) mass is 527 g/mol. The third-order valence-electron chi connectivity index (χ3n) is 6.44. The van der Waals surface area contributed by atoms with Crippen LogP contribution < -0.4 is 23.8 Å². The Hall–Kier alpha value is -4.26. The fraction of sp³-hybridized carbons (Fsp3) is 0.308. The maximum Gasteiger partial charge on any atom is 0.335 e. The average molecular weight is 527 g/mol. The van der Waals surface area contributed by atoms with E-state index in [0.29, 0.717) is 6.61 Å². The van der Waals surface area contributed by atoms with E-state index in [4.69, 9.17) is 44.1 Å². The van der Waals surface area contributed by atoms with Crippen LogP contribution in [0.4, 0.5) is 5.69 Å². The minimum Gasteiger partial charge on any atom is -0.479 e. The van der Waals surface area contributed by atoms with E-state index < -0.39 is 24.1 Å². The fourth-order valence-electron chi connectivity index (χ4n) is 4.70. The highest BCUT2D eigenvalue weighted by atomic mass is 16.7. The normalized spacial score (nSPS) is 17.7. The lowest BCUT2D eigenvalue weighted by atomic mass is 9.89. The van der Waals surface area contributed by atoms with Crippen molar-refractivity contribution >= 4 is 28.4 Å². The summed E-state index contributed by atoms with van der Waals surface area (Å²) in [6.45, 7) is 3.13. The Labute approximate surface area is 216 Å². The molecule has 3 atom stereocenters. The Morgan fingerprint density at radius 3 is 2.16 bits per heavy atom. The molecular formula is C26H25NO11. The Morgan fingerprint density at radius 2 is 1.50 bits per heavy atom. The van der Waals surface area contributed by atoms with E-state index in [1.165, 1.54) is 0 Å². The zero-order valence-corrected chi connectivity index (χ0v) is 20.4. The van der Waals surface area contributed by atoms with Crippen molar-refractivity contribution in [3.05, 3.63) is 42.0 Å². The summed E-state index contributed by atoms with van der Waals surface area (Å²) in [5.41, 5.74) is 4.44. The molecule has 3 heterocycles. The lowest BCUT2D eigenvalue weighted by molar-refractivity contribution is -0.165. The number of hydrogen-bond acceptors (Lipinski definition) is 10. The van der Waals surface area contributed by atoms with E-state index in [1.54, 1.807) is 0 Å². The molecule has 12 nitrogen and oxygen atoms in total. The number of anilines is 1. The largest absolute Gasteiger partial charge is 0.479 e. The summed E-state index contributed by atoms with van der Waals surface area (Å²) < 4.78 is 28.7. The zero-order valence-electron chi connectivity index (χ0n) is 20.4. The van der Waals surface area contributed by atoms with E-state index in [9.17, 15) is 9.59 Å². The van der Waals surface area contributed by atoms with Crippen LogP contribution in [0.1, 0.15) is 18.7 Å². The first-order valence-electron chi connectivity index (χ1n) is 11.7. The van der Waals surface area contributed by atoms with Gasteiger partial charge in [-0.25, -0.2) is 9.59 Å². The van der Waals surface area contributed by atoms with Crippen LogP contribution in [0.3, 0.4) is 0 Å². The summed E-state index contributed by atoms with van der Waals surface area (Å²) in [5, 5.41) is 34.7. The minimum atomic E-state index is -2.27. The summed E-state index contributed by atoms with van der Waals surface area (Å²) >= 11 is 0. The Kier molecular flexibility index (Phi) is 6.61. The number of nitrogens with zero attached hydrogens (tertiary/aromatic N) is 1. The van der Waals surface area contributed by atoms with Gasteiger partial charge in [-0.3, -0.25) is 0 Å². The predicted octanol–water partition coefficient (Wildman–Crippen LogP) is 2.33. The molecule has 3 aliphatic rings. The van der Waals surface area contributed by atoms with Gasteiger partial charge in [0.05, 0.1) is 5.69 Å². The van der Waals surface area contributed by atoms with Gasteiger partial charge in [-0.15, -0.1) is 0 Å². The van der Waals surface area contributed by atoms with Crippen molar-refractivity contribution in [2.24, 2.45) is 0 Å². The van der Waals surface area contributed by atoms with E-state index in [2.05, 4.69) is 36.2 Å². The molecular weight excluding hydrogens is 502 g/mol. The highest BCUT2D eigenvalue weighted by molar-refractivity contribution is 6.07. The van der Waals surface area contributed by atoms with Crippen LogP contribution >= 0.6 is 0 Å². The molecule has 0 fully saturated rings. The number of aliphatic carboxylic acids is 2. The van der Waals surface area contributed by atoms with Crippen LogP contribution in [0.5, 0.6) is 23.0 Å². The molecule has 0 saturated carbocycles. The predicted molar refractivity (Wildman–Crippen MR) is 132 cm³/mol. The molecule has 0 aliphatic carbocycles. The molecule has 0 saturated heterocycles. The van der Waals surface area contributed by atoms with Gasteiger partial charge in [-0.1, -0.05) is 6.07 Å². The van der Waals surface area contributed by atoms with Gasteiger partial charge in [0, 0.05) is 35.6 Å². The maximum absolute atomic E-state index is 9.77. The molecule has 38 heavy (non-hydrogen) atoms. The third-order valence-corrected chi connectivity index (χ3v) is 6.44. The van der Waals surface area contributed by atoms with Crippen LogP contribution in [0, 0.1) is 0 Å². The van der Waals surface area contributed by atoms with Gasteiger partial charge >= 0.3 is 11.9 Å². The molecule has 0 spiro atoms. The number of benzene rings is 3. The smallest absolute Gasteiger partial charge is 0.335 e. The van der Waals surface area contributed by atoms with E-state index in [0.717, 1.165) is 56.1 Å². The second-order valence-corrected chi connectivity index (χ2v) is 8.63. The summed E-state index contributed by atoms with van der Waals surface area (Å²) in [5.74, 6) is -0.404. The van der Waals surface area contributed by atoms with Gasteiger partial charge in [-0.05, 0) is 42.8 Å². The Morgan fingerprint density at radius 1 is 0.895 bits per heavy atom. The number of aliphatic hydroxyl groups is 2. The van der Waals surface area contributed by atoms with Crippen molar-refractivity contribution in [1.29, 1.82) is 0 Å². The second-order valence-electron chi connectivity index (χ2n) is 8.63. The van der Waals surface area contributed by atoms with E-state index >= 15 is 0 Å². The van der Waals surface area contributed by atoms with Crippen LogP contribution in [0.2, 0.25) is 0 Å². The first-order valence-corrected chi connectivity index (χ1v) is 11.7. The first kappa shape index (κ1) is 25.4. The van der Waals surface area contributed by atoms with Crippen molar-refractivity contribution in [3.8, 4) is 34.1 Å². The van der Waals surface area contributed by atoms with E-state index in [-0.39, 0.29) is 19.8 Å². The summed E-state index contributed by atoms with van der Waals surface area (Å²) in [4.78, 5) is 21.7. The number of carboxylic acids is 2. The van der Waals surface area contributed by atoms with Gasteiger partial charge < -0.3 is 49.0 Å². The Balaban J connectivity index is 0.000000253. The zero-order chi connectivity index (χ0) is 27.1. The van der Waals surface area contributed by atoms with Crippen molar-refractivity contribution < 1.29 is 53.7 Å². The second kappa shape index (κ2) is 9.89. The highest BCUT2D eigenvalue weighted by Crippen LogP contribution is 2.53. The fourth-order valence-corrected chi connectivity index (χ4v) is 4.70. The molecule has 0 bridgehead atoms. The lowest BCUT2D eigenvalue weighted by Crippen LogP contribution is -2.39. The van der Waals surface area contributed by atoms with Gasteiger partial charge in [0.25, 0.3) is 0 Å². The summed E-state index contributed by atoms with van der Waals surface area (Å²) in [6, 6.07) is 12.4. The van der Waals surface area contributed by atoms with Gasteiger partial charge in [0.1, 0.15) is 0 Å². The average Bonchev–Trinajstić information content (AvgIpc) is 3.58. The standard InChI is InChI=1S/C22H19NO5.C4H6O6/c1-3-24-22-16-9-19-18(26-10-27-19)8-15(16)13-4-5-14-12(20(13)23(22)2)6-7-17-21(14)28-11-25-17;5-1(3(7)8)2(6)4(9)10/h4-9,22H,3,10-11H2,1-2H3;1-2,5-6H,(H,7,8)(H,9,10). The molecule has 3 aliphatic heterocycles. The lowest BCUT2D eigenvalue weighted by Gasteiger charge is -2.38. The van der Waals surface area contributed by atoms with Crippen molar-refractivity contribution in [1.82, 2.24) is 0 Å². The molecule has 12 heteroatoms. The molecule has 4 N–H and O–H groups in total. The first-order chi connectivity index (χ1) is 18.2. The van der Waals surface area contributed by atoms with Crippen LogP contribution in [-0.4, -0.2) is 71.8 Å². The number of fused-ring (bicyclic) bond motifs is 8. The highest BCUT2D eigenvalue weighted by Gasteiger charge is 2.34.